The minimum atomic E-state index is -4.30. The summed E-state index contributed by atoms with van der Waals surface area (Å²) in [5.41, 5.74) is 3.38. The second-order valence-corrected chi connectivity index (χ2v) is 11.3. The molecule has 0 saturated heterocycles. The van der Waals surface area contributed by atoms with Crippen molar-refractivity contribution in [2.75, 3.05) is 18.5 Å². The summed E-state index contributed by atoms with van der Waals surface area (Å²) in [6, 6.07) is 28.5. The molecule has 4 aromatic rings. The number of methoxy groups -OCH3 is 2. The Bertz CT molecular complexity index is 1690. The lowest BCUT2D eigenvalue weighted by Gasteiger charge is -2.33. The summed E-state index contributed by atoms with van der Waals surface area (Å²) in [5.74, 6) is 0.324. The lowest BCUT2D eigenvalue weighted by molar-refractivity contribution is -0.117. The lowest BCUT2D eigenvalue weighted by atomic mass is 9.95. The third kappa shape index (κ3) is 5.28. The lowest BCUT2D eigenvalue weighted by Crippen LogP contribution is -2.41. The van der Waals surface area contributed by atoms with E-state index >= 15 is 0 Å². The van der Waals surface area contributed by atoms with E-state index in [0.29, 0.717) is 44.5 Å². The monoisotopic (exact) mass is 574 g/mol. The van der Waals surface area contributed by atoms with E-state index in [1.807, 2.05) is 36.4 Å². The third-order valence-electron chi connectivity index (χ3n) is 6.61. The molecule has 0 unspecified atom stereocenters. The Morgan fingerprint density at radius 2 is 1.50 bits per heavy atom. The van der Waals surface area contributed by atoms with Crippen LogP contribution in [0.4, 0.5) is 5.69 Å². The molecule has 1 heterocycles. The Hall–Kier alpha value is -4.27. The first-order chi connectivity index (χ1) is 19.3. The van der Waals surface area contributed by atoms with Crippen molar-refractivity contribution in [3.05, 3.63) is 129 Å². The Labute approximate surface area is 238 Å². The molecule has 0 spiro atoms. The van der Waals surface area contributed by atoms with E-state index in [4.69, 9.17) is 21.1 Å². The number of hydrogen-bond acceptors (Lipinski definition) is 5. The number of halogens is 1. The van der Waals surface area contributed by atoms with E-state index in [1.165, 1.54) is 18.5 Å². The number of fused-ring (bicyclic) bond motifs is 1. The molecule has 0 bridgehead atoms. The van der Waals surface area contributed by atoms with Gasteiger partial charge in [0.1, 0.15) is 0 Å². The summed E-state index contributed by atoms with van der Waals surface area (Å²) in [5, 5.41) is 3.24. The average Bonchev–Trinajstić information content (AvgIpc) is 2.97. The van der Waals surface area contributed by atoms with Crippen LogP contribution in [0, 0.1) is 0 Å². The van der Waals surface area contributed by atoms with Gasteiger partial charge in [-0.3, -0.25) is 9.10 Å². The van der Waals surface area contributed by atoms with Crippen molar-refractivity contribution in [1.82, 2.24) is 5.32 Å². The van der Waals surface area contributed by atoms with Gasteiger partial charge >= 0.3 is 0 Å². The Morgan fingerprint density at radius 1 is 0.825 bits per heavy atom. The second-order valence-electron chi connectivity index (χ2n) is 9.10. The second kappa shape index (κ2) is 11.5. The number of sulfonamides is 1. The molecular formula is C31H27ClN2O5S. The van der Waals surface area contributed by atoms with E-state index in [-0.39, 0.29) is 18.0 Å². The van der Waals surface area contributed by atoms with Crippen LogP contribution >= 0.6 is 11.6 Å². The highest BCUT2D eigenvalue weighted by Gasteiger charge is 2.41. The van der Waals surface area contributed by atoms with Crippen LogP contribution in [-0.2, 0) is 27.9 Å². The van der Waals surface area contributed by atoms with Crippen LogP contribution in [0.5, 0.6) is 11.5 Å². The van der Waals surface area contributed by atoms with Gasteiger partial charge in [-0.1, -0.05) is 78.3 Å². The maximum atomic E-state index is 14.3. The fraction of sp³-hybridized carbons (Fsp3) is 0.129. The number of ether oxygens (including phenoxy) is 2. The molecule has 1 amide bonds. The molecule has 40 heavy (non-hydrogen) atoms. The van der Waals surface area contributed by atoms with Gasteiger partial charge < -0.3 is 14.8 Å². The molecule has 0 atom stereocenters. The predicted octanol–water partition coefficient (Wildman–Crippen LogP) is 5.78. The third-order valence-corrected chi connectivity index (χ3v) is 8.66. The standard InChI is InChI=1S/C31H27ClN2O5S/c1-38-27-16-13-22(17-28(27)39-2)19-33-31(35)30-29(23-11-7-4-8-12-23)25-18-24(32)14-15-26(25)34(40(30,36)37)20-21-9-5-3-6-10-21/h3-18H,19-20H2,1-2H3,(H,33,35). The van der Waals surface area contributed by atoms with Crippen molar-refractivity contribution in [2.24, 2.45) is 0 Å². The van der Waals surface area contributed by atoms with Crippen LogP contribution < -0.4 is 19.1 Å². The van der Waals surface area contributed by atoms with E-state index < -0.39 is 15.9 Å². The first kappa shape index (κ1) is 27.3. The topological polar surface area (TPSA) is 84.9 Å². The quantitative estimate of drug-likeness (QED) is 0.288. The van der Waals surface area contributed by atoms with Crippen LogP contribution in [0.15, 0.2) is 102 Å². The largest absolute Gasteiger partial charge is 0.493 e. The fourth-order valence-electron chi connectivity index (χ4n) is 4.71. The Kier molecular flexibility index (Phi) is 7.82. The average molecular weight is 575 g/mol. The van der Waals surface area contributed by atoms with Crippen molar-refractivity contribution in [3.63, 3.8) is 0 Å². The van der Waals surface area contributed by atoms with Gasteiger partial charge in [-0.25, -0.2) is 8.42 Å². The van der Waals surface area contributed by atoms with Crippen molar-refractivity contribution in [3.8, 4) is 11.5 Å². The molecule has 5 rings (SSSR count). The zero-order valence-corrected chi connectivity index (χ0v) is 23.5. The maximum absolute atomic E-state index is 14.3. The van der Waals surface area contributed by atoms with Gasteiger partial charge in [-0.15, -0.1) is 0 Å². The predicted molar refractivity (Wildman–Crippen MR) is 157 cm³/mol. The maximum Gasteiger partial charge on any atom is 0.270 e. The van der Waals surface area contributed by atoms with E-state index in [1.54, 1.807) is 60.7 Å². The van der Waals surface area contributed by atoms with Crippen molar-refractivity contribution >= 4 is 38.8 Å². The number of hydrogen-bond donors (Lipinski definition) is 1. The molecule has 0 saturated carbocycles. The first-order valence-corrected chi connectivity index (χ1v) is 14.3. The minimum absolute atomic E-state index is 0.0480. The fourth-order valence-corrected chi connectivity index (χ4v) is 6.63. The summed E-state index contributed by atoms with van der Waals surface area (Å²) in [6.07, 6.45) is 0. The minimum Gasteiger partial charge on any atom is -0.493 e. The molecule has 1 aliphatic heterocycles. The molecule has 1 aliphatic rings. The summed E-state index contributed by atoms with van der Waals surface area (Å²) in [7, 11) is -1.24. The van der Waals surface area contributed by atoms with Gasteiger partial charge in [0.15, 0.2) is 16.4 Å². The molecule has 0 fully saturated rings. The smallest absolute Gasteiger partial charge is 0.270 e. The highest BCUT2D eigenvalue weighted by atomic mass is 35.5. The molecular weight excluding hydrogens is 548 g/mol. The Balaban J connectivity index is 1.63. The number of carbonyl (C=O) groups is 1. The van der Waals surface area contributed by atoms with Crippen LogP contribution in [0.2, 0.25) is 5.02 Å². The van der Waals surface area contributed by atoms with Gasteiger partial charge in [0.05, 0.1) is 26.5 Å². The van der Waals surface area contributed by atoms with Crippen molar-refractivity contribution < 1.29 is 22.7 Å². The van der Waals surface area contributed by atoms with Crippen LogP contribution in [0.25, 0.3) is 5.57 Å². The normalized spacial score (nSPS) is 13.9. The van der Waals surface area contributed by atoms with Gasteiger partial charge in [-0.05, 0) is 47.0 Å². The van der Waals surface area contributed by atoms with Gasteiger partial charge in [0.25, 0.3) is 15.9 Å². The molecule has 0 aliphatic carbocycles. The summed E-state index contributed by atoms with van der Waals surface area (Å²) in [4.78, 5) is 13.5. The number of carbonyl (C=O) groups excluding carboxylic acids is 1. The molecule has 9 heteroatoms. The highest BCUT2D eigenvalue weighted by molar-refractivity contribution is 7.97. The van der Waals surface area contributed by atoms with Crippen molar-refractivity contribution in [2.45, 2.75) is 13.1 Å². The first-order valence-electron chi connectivity index (χ1n) is 12.5. The molecule has 0 radical (unpaired) electrons. The molecule has 7 nitrogen and oxygen atoms in total. The summed E-state index contributed by atoms with van der Waals surface area (Å²) >= 11 is 6.42. The molecule has 0 aromatic heterocycles. The number of nitrogens with zero attached hydrogens (tertiary/aromatic N) is 1. The van der Waals surface area contributed by atoms with Crippen LogP contribution in [-0.4, -0.2) is 28.5 Å². The molecule has 4 aromatic carbocycles. The summed E-state index contributed by atoms with van der Waals surface area (Å²) < 4.78 is 40.6. The van der Waals surface area contributed by atoms with Crippen molar-refractivity contribution in [1.29, 1.82) is 0 Å². The number of nitrogens with one attached hydrogen (secondary N) is 1. The number of amides is 1. The van der Waals surface area contributed by atoms with Crippen LogP contribution in [0.3, 0.4) is 0 Å². The van der Waals surface area contributed by atoms with Gasteiger partial charge in [-0.2, -0.15) is 0 Å². The van der Waals surface area contributed by atoms with Gasteiger partial charge in [0.2, 0.25) is 0 Å². The zero-order valence-electron chi connectivity index (χ0n) is 21.9. The summed E-state index contributed by atoms with van der Waals surface area (Å²) in [6.45, 7) is 0.119. The highest BCUT2D eigenvalue weighted by Crippen LogP contribution is 2.44. The zero-order chi connectivity index (χ0) is 28.3. The SMILES string of the molecule is COc1ccc(CNC(=O)C2=C(c3ccccc3)c3cc(Cl)ccc3N(Cc3ccccc3)S2(=O)=O)cc1OC. The number of anilines is 1. The molecule has 1 N–H and O–H groups in total. The van der Waals surface area contributed by atoms with E-state index in [2.05, 4.69) is 5.32 Å². The Morgan fingerprint density at radius 3 is 2.17 bits per heavy atom. The van der Waals surface area contributed by atoms with Crippen LogP contribution in [0.1, 0.15) is 22.3 Å². The van der Waals surface area contributed by atoms with E-state index in [0.717, 1.165) is 5.56 Å². The number of rotatable bonds is 8. The molecule has 204 valence electrons. The van der Waals surface area contributed by atoms with Gasteiger partial charge in [0, 0.05) is 22.7 Å². The van der Waals surface area contributed by atoms with E-state index in [9.17, 15) is 13.2 Å². The number of benzene rings is 4.